The van der Waals surface area contributed by atoms with Crippen LogP contribution in [0.15, 0.2) is 55.0 Å². The van der Waals surface area contributed by atoms with Gasteiger partial charge in [0.15, 0.2) is 0 Å². The molecule has 23 heavy (non-hydrogen) atoms. The Hall–Kier alpha value is -2.62. The number of hydrogen-bond acceptors (Lipinski definition) is 2. The number of pyridine rings is 1. The summed E-state index contributed by atoms with van der Waals surface area (Å²) in [4.78, 5) is 22.1. The van der Waals surface area contributed by atoms with Gasteiger partial charge in [0.2, 0.25) is 0 Å². The van der Waals surface area contributed by atoms with Gasteiger partial charge in [-0.2, -0.15) is 0 Å². The van der Waals surface area contributed by atoms with Gasteiger partial charge in [-0.05, 0) is 41.8 Å². The molecule has 3 rings (SSSR count). The Balaban J connectivity index is 1.86. The zero-order valence-corrected chi connectivity index (χ0v) is 13.5. The van der Waals surface area contributed by atoms with E-state index in [9.17, 15) is 4.79 Å². The number of carbonyl (C=O) groups is 1. The molecular formula is C19H21N3O. The molecule has 1 amide bonds. The highest BCUT2D eigenvalue weighted by Crippen LogP contribution is 2.17. The van der Waals surface area contributed by atoms with Crippen LogP contribution in [-0.4, -0.2) is 27.3 Å². The van der Waals surface area contributed by atoms with Gasteiger partial charge in [0.1, 0.15) is 0 Å². The van der Waals surface area contributed by atoms with E-state index in [1.54, 1.807) is 6.20 Å². The second kappa shape index (κ2) is 6.65. The third-order valence-electron chi connectivity index (χ3n) is 3.77. The maximum atomic E-state index is 12.9. The Kier molecular flexibility index (Phi) is 4.42. The summed E-state index contributed by atoms with van der Waals surface area (Å²) in [5.74, 6) is 0.470. The smallest absolute Gasteiger partial charge is 0.254 e. The lowest BCUT2D eigenvalue weighted by Crippen LogP contribution is -2.33. The van der Waals surface area contributed by atoms with Gasteiger partial charge in [0, 0.05) is 48.1 Å². The van der Waals surface area contributed by atoms with E-state index in [1.165, 1.54) is 0 Å². The fourth-order valence-electron chi connectivity index (χ4n) is 2.74. The molecule has 0 unspecified atom stereocenters. The minimum absolute atomic E-state index is 0.0608. The Morgan fingerprint density at radius 2 is 2.13 bits per heavy atom. The number of H-pyrrole nitrogens is 1. The summed E-state index contributed by atoms with van der Waals surface area (Å²) in [6.45, 7) is 5.55. The first-order chi connectivity index (χ1) is 11.1. The van der Waals surface area contributed by atoms with Gasteiger partial charge in [0.05, 0.1) is 0 Å². The van der Waals surface area contributed by atoms with Crippen LogP contribution in [-0.2, 0) is 6.54 Å². The van der Waals surface area contributed by atoms with Crippen molar-refractivity contribution in [2.75, 3.05) is 6.54 Å². The maximum absolute atomic E-state index is 12.9. The van der Waals surface area contributed by atoms with E-state index in [-0.39, 0.29) is 5.91 Å². The number of benzene rings is 1. The number of aromatic nitrogens is 2. The number of nitrogens with zero attached hydrogens (tertiary/aromatic N) is 2. The summed E-state index contributed by atoms with van der Waals surface area (Å²) >= 11 is 0. The van der Waals surface area contributed by atoms with Gasteiger partial charge in [-0.25, -0.2) is 0 Å². The molecule has 4 heteroatoms. The zero-order valence-electron chi connectivity index (χ0n) is 13.5. The first-order valence-electron chi connectivity index (χ1n) is 7.89. The molecule has 0 spiro atoms. The number of amides is 1. The summed E-state index contributed by atoms with van der Waals surface area (Å²) in [5, 5.41) is 1.06. The summed E-state index contributed by atoms with van der Waals surface area (Å²) < 4.78 is 0. The molecule has 0 saturated heterocycles. The van der Waals surface area contributed by atoms with Crippen molar-refractivity contribution in [3.05, 3.63) is 66.1 Å². The van der Waals surface area contributed by atoms with Crippen LogP contribution in [0.5, 0.6) is 0 Å². The Bertz CT molecular complexity index is 792. The third kappa shape index (κ3) is 3.59. The van der Waals surface area contributed by atoms with Gasteiger partial charge < -0.3 is 9.88 Å². The van der Waals surface area contributed by atoms with E-state index >= 15 is 0 Å². The maximum Gasteiger partial charge on any atom is 0.254 e. The van der Waals surface area contributed by atoms with Gasteiger partial charge in [-0.15, -0.1) is 0 Å². The molecule has 3 aromatic rings. The van der Waals surface area contributed by atoms with Crippen LogP contribution in [0.4, 0.5) is 0 Å². The molecule has 0 aliphatic rings. The highest BCUT2D eigenvalue weighted by atomic mass is 16.2. The van der Waals surface area contributed by atoms with Gasteiger partial charge >= 0.3 is 0 Å². The molecule has 0 radical (unpaired) electrons. The van der Waals surface area contributed by atoms with E-state index in [0.717, 1.165) is 28.6 Å². The second-order valence-electron chi connectivity index (χ2n) is 6.22. The number of rotatable bonds is 5. The van der Waals surface area contributed by atoms with E-state index in [0.29, 0.717) is 12.5 Å². The van der Waals surface area contributed by atoms with Crippen molar-refractivity contribution in [2.45, 2.75) is 20.4 Å². The predicted molar refractivity (Wildman–Crippen MR) is 92.1 cm³/mol. The monoisotopic (exact) mass is 307 g/mol. The molecule has 0 aliphatic carbocycles. The Morgan fingerprint density at radius 3 is 2.87 bits per heavy atom. The first kappa shape index (κ1) is 15.3. The Morgan fingerprint density at radius 1 is 1.26 bits per heavy atom. The van der Waals surface area contributed by atoms with Crippen LogP contribution >= 0.6 is 0 Å². The average molecular weight is 307 g/mol. The lowest BCUT2D eigenvalue weighted by molar-refractivity contribution is 0.0722. The van der Waals surface area contributed by atoms with Crippen LogP contribution < -0.4 is 0 Å². The molecule has 0 bridgehead atoms. The minimum atomic E-state index is 0.0608. The third-order valence-corrected chi connectivity index (χ3v) is 3.77. The lowest BCUT2D eigenvalue weighted by Gasteiger charge is -2.25. The number of hydrogen-bond donors (Lipinski definition) is 1. The fourth-order valence-corrected chi connectivity index (χ4v) is 2.74. The quantitative estimate of drug-likeness (QED) is 0.778. The molecule has 2 heterocycles. The largest absolute Gasteiger partial charge is 0.361 e. The summed E-state index contributed by atoms with van der Waals surface area (Å²) in [6.07, 6.45) is 5.45. The zero-order chi connectivity index (χ0) is 16.2. The number of fused-ring (bicyclic) bond motifs is 1. The summed E-state index contributed by atoms with van der Waals surface area (Å²) in [6, 6.07) is 11.7. The predicted octanol–water partition coefficient (Wildman–Crippen LogP) is 3.86. The average Bonchev–Trinajstić information content (AvgIpc) is 3.01. The van der Waals surface area contributed by atoms with Crippen LogP contribution in [0.3, 0.4) is 0 Å². The lowest BCUT2D eigenvalue weighted by atomic mass is 10.1. The standard InChI is InChI=1S/C19H21N3O/c1-14(2)12-22(13-15-4-3-8-20-11-15)19(23)17-5-6-18-16(10-17)7-9-21-18/h3-11,14,21H,12-13H2,1-2H3. The first-order valence-corrected chi connectivity index (χ1v) is 7.89. The van der Waals surface area contributed by atoms with E-state index in [2.05, 4.69) is 23.8 Å². The van der Waals surface area contributed by atoms with E-state index in [4.69, 9.17) is 0 Å². The van der Waals surface area contributed by atoms with Crippen molar-refractivity contribution >= 4 is 16.8 Å². The van der Waals surface area contributed by atoms with Crippen molar-refractivity contribution in [1.29, 1.82) is 0 Å². The van der Waals surface area contributed by atoms with Gasteiger partial charge in [0.25, 0.3) is 5.91 Å². The van der Waals surface area contributed by atoms with Crippen molar-refractivity contribution in [2.24, 2.45) is 5.92 Å². The van der Waals surface area contributed by atoms with Crippen LogP contribution in [0, 0.1) is 5.92 Å². The van der Waals surface area contributed by atoms with Gasteiger partial charge in [-0.3, -0.25) is 9.78 Å². The molecule has 0 atom stereocenters. The molecule has 0 saturated carbocycles. The Labute approximate surface area is 136 Å². The molecular weight excluding hydrogens is 286 g/mol. The number of aromatic amines is 1. The molecule has 1 N–H and O–H groups in total. The van der Waals surface area contributed by atoms with Crippen molar-refractivity contribution in [3.63, 3.8) is 0 Å². The van der Waals surface area contributed by atoms with Crippen LogP contribution in [0.1, 0.15) is 29.8 Å². The SMILES string of the molecule is CC(C)CN(Cc1cccnc1)C(=O)c1ccc2[nH]ccc2c1. The van der Waals surface area contributed by atoms with Crippen molar-refractivity contribution in [1.82, 2.24) is 14.9 Å². The van der Waals surface area contributed by atoms with Crippen molar-refractivity contribution in [3.8, 4) is 0 Å². The van der Waals surface area contributed by atoms with Crippen molar-refractivity contribution < 1.29 is 4.79 Å². The minimum Gasteiger partial charge on any atom is -0.361 e. The fraction of sp³-hybridized carbons (Fsp3) is 0.263. The highest BCUT2D eigenvalue weighted by Gasteiger charge is 2.18. The summed E-state index contributed by atoms with van der Waals surface area (Å²) in [5.41, 5.74) is 2.81. The molecule has 118 valence electrons. The van der Waals surface area contributed by atoms with Gasteiger partial charge in [-0.1, -0.05) is 19.9 Å². The highest BCUT2D eigenvalue weighted by molar-refractivity contribution is 5.98. The topological polar surface area (TPSA) is 49.0 Å². The molecule has 0 fully saturated rings. The van der Waals surface area contributed by atoms with Crippen LogP contribution in [0.2, 0.25) is 0 Å². The molecule has 1 aromatic carbocycles. The second-order valence-corrected chi connectivity index (χ2v) is 6.22. The number of nitrogens with one attached hydrogen (secondary N) is 1. The molecule has 2 aromatic heterocycles. The number of carbonyl (C=O) groups excluding carboxylic acids is 1. The van der Waals surface area contributed by atoms with E-state index < -0.39 is 0 Å². The molecule has 0 aliphatic heterocycles. The normalized spacial score (nSPS) is 11.1. The van der Waals surface area contributed by atoms with E-state index in [1.807, 2.05) is 53.7 Å². The summed E-state index contributed by atoms with van der Waals surface area (Å²) in [7, 11) is 0. The molecule has 4 nitrogen and oxygen atoms in total. The van der Waals surface area contributed by atoms with Crippen LogP contribution in [0.25, 0.3) is 10.9 Å².